The Labute approximate surface area is 162 Å². The van der Waals surface area contributed by atoms with Gasteiger partial charge >= 0.3 is 0 Å². The number of unbranched alkanes of at least 4 members (excludes halogenated alkanes) is 1. The third-order valence-electron chi connectivity index (χ3n) is 5.14. The van der Waals surface area contributed by atoms with Gasteiger partial charge in [-0.3, -0.25) is 14.2 Å². The van der Waals surface area contributed by atoms with Crippen molar-refractivity contribution in [3.63, 3.8) is 0 Å². The molecular formula is C21H23N3O2S. The van der Waals surface area contributed by atoms with Crippen LogP contribution in [0.2, 0.25) is 0 Å². The van der Waals surface area contributed by atoms with Crippen molar-refractivity contribution in [2.75, 3.05) is 6.54 Å². The van der Waals surface area contributed by atoms with E-state index >= 15 is 0 Å². The number of carbonyl (C=O) groups is 1. The van der Waals surface area contributed by atoms with E-state index in [2.05, 4.69) is 22.4 Å². The van der Waals surface area contributed by atoms with Crippen LogP contribution in [0.1, 0.15) is 45.9 Å². The first-order chi connectivity index (χ1) is 13.1. The molecule has 1 amide bonds. The topological polar surface area (TPSA) is 64.0 Å². The molecule has 6 heteroatoms. The van der Waals surface area contributed by atoms with Crippen LogP contribution < -0.4 is 10.9 Å². The van der Waals surface area contributed by atoms with Gasteiger partial charge in [-0.05, 0) is 43.7 Å². The zero-order valence-corrected chi connectivity index (χ0v) is 16.3. The third-order valence-corrected chi connectivity index (χ3v) is 6.32. The highest BCUT2D eigenvalue weighted by atomic mass is 32.1. The van der Waals surface area contributed by atoms with E-state index < -0.39 is 0 Å². The predicted molar refractivity (Wildman–Crippen MR) is 109 cm³/mol. The summed E-state index contributed by atoms with van der Waals surface area (Å²) in [6, 6.07) is 10.4. The van der Waals surface area contributed by atoms with Crippen LogP contribution in [0.25, 0.3) is 10.2 Å². The number of nitrogens with one attached hydrogen (secondary N) is 1. The van der Waals surface area contributed by atoms with Crippen molar-refractivity contribution in [2.45, 2.75) is 45.6 Å². The molecule has 0 spiro atoms. The first-order valence-electron chi connectivity index (χ1n) is 9.50. The molecular weight excluding hydrogens is 358 g/mol. The highest BCUT2D eigenvalue weighted by Gasteiger charge is 2.23. The van der Waals surface area contributed by atoms with E-state index in [0.717, 1.165) is 50.0 Å². The van der Waals surface area contributed by atoms with Gasteiger partial charge in [0.05, 0.1) is 10.3 Å². The minimum Gasteiger partial charge on any atom is -0.351 e. The Morgan fingerprint density at radius 3 is 2.89 bits per heavy atom. The lowest BCUT2D eigenvalue weighted by atomic mass is 10.1. The van der Waals surface area contributed by atoms with Gasteiger partial charge < -0.3 is 5.32 Å². The third kappa shape index (κ3) is 3.54. The molecule has 4 rings (SSSR count). The molecule has 0 unspecified atom stereocenters. The maximum Gasteiger partial charge on any atom is 0.262 e. The van der Waals surface area contributed by atoms with E-state index in [1.807, 2.05) is 25.1 Å². The molecule has 2 aromatic heterocycles. The van der Waals surface area contributed by atoms with Crippen LogP contribution >= 0.6 is 11.3 Å². The van der Waals surface area contributed by atoms with Crippen LogP contribution in [-0.4, -0.2) is 22.0 Å². The summed E-state index contributed by atoms with van der Waals surface area (Å²) in [6.07, 6.45) is 4.79. The van der Waals surface area contributed by atoms with Gasteiger partial charge in [-0.15, -0.1) is 11.3 Å². The summed E-state index contributed by atoms with van der Waals surface area (Å²) in [5.74, 6) is 0.751. The first kappa shape index (κ1) is 17.9. The lowest BCUT2D eigenvalue weighted by Crippen LogP contribution is -2.24. The molecule has 3 heterocycles. The Bertz CT molecular complexity index is 1040. The van der Waals surface area contributed by atoms with Crippen LogP contribution in [0.4, 0.5) is 0 Å². The number of rotatable bonds is 6. The number of aryl methyl sites for hydroxylation is 3. The van der Waals surface area contributed by atoms with E-state index in [-0.39, 0.29) is 11.5 Å². The summed E-state index contributed by atoms with van der Waals surface area (Å²) in [5.41, 5.74) is 2.09. The highest BCUT2D eigenvalue weighted by Crippen LogP contribution is 2.28. The molecule has 27 heavy (non-hydrogen) atoms. The molecule has 3 aromatic rings. The van der Waals surface area contributed by atoms with Crippen LogP contribution in [0.3, 0.4) is 0 Å². The van der Waals surface area contributed by atoms with Crippen molar-refractivity contribution >= 4 is 27.5 Å². The molecule has 0 radical (unpaired) electrons. The van der Waals surface area contributed by atoms with E-state index in [4.69, 9.17) is 0 Å². The van der Waals surface area contributed by atoms with Crippen molar-refractivity contribution in [3.05, 3.63) is 62.5 Å². The predicted octanol–water partition coefficient (Wildman–Crippen LogP) is 3.47. The number of thiophene rings is 1. The summed E-state index contributed by atoms with van der Waals surface area (Å²) in [7, 11) is 0. The summed E-state index contributed by atoms with van der Waals surface area (Å²) in [4.78, 5) is 31.2. The largest absolute Gasteiger partial charge is 0.351 e. The SMILES string of the molecule is Cc1c(C(=O)NCCCCc2ccccc2)sc2nc3n(c(=O)c12)CCC3. The second-order valence-electron chi connectivity index (χ2n) is 7.02. The number of aromatic nitrogens is 2. The maximum absolute atomic E-state index is 12.7. The van der Waals surface area contributed by atoms with E-state index in [1.54, 1.807) is 4.57 Å². The minimum atomic E-state index is -0.0974. The molecule has 1 aromatic carbocycles. The second kappa shape index (κ2) is 7.64. The van der Waals surface area contributed by atoms with Gasteiger partial charge in [0.2, 0.25) is 0 Å². The fourth-order valence-corrected chi connectivity index (χ4v) is 4.78. The van der Waals surface area contributed by atoms with Crippen molar-refractivity contribution in [3.8, 4) is 0 Å². The summed E-state index contributed by atoms with van der Waals surface area (Å²) >= 11 is 1.34. The summed E-state index contributed by atoms with van der Waals surface area (Å²) in [5, 5.41) is 3.61. The molecule has 0 saturated carbocycles. The number of hydrogen-bond donors (Lipinski definition) is 1. The van der Waals surface area contributed by atoms with E-state index in [1.165, 1.54) is 16.9 Å². The van der Waals surface area contributed by atoms with Crippen LogP contribution in [0.15, 0.2) is 35.1 Å². The lowest BCUT2D eigenvalue weighted by Gasteiger charge is -2.05. The Hall–Kier alpha value is -2.47. The van der Waals surface area contributed by atoms with Gasteiger partial charge in [0.1, 0.15) is 10.7 Å². The molecule has 0 bridgehead atoms. The van der Waals surface area contributed by atoms with Crippen molar-refractivity contribution in [2.24, 2.45) is 0 Å². The quantitative estimate of drug-likeness (QED) is 0.665. The van der Waals surface area contributed by atoms with Gasteiger partial charge in [-0.25, -0.2) is 4.98 Å². The molecule has 5 nitrogen and oxygen atoms in total. The number of benzene rings is 1. The van der Waals surface area contributed by atoms with Crippen LogP contribution in [-0.2, 0) is 19.4 Å². The smallest absolute Gasteiger partial charge is 0.262 e. The van der Waals surface area contributed by atoms with Crippen molar-refractivity contribution in [1.82, 2.24) is 14.9 Å². The van der Waals surface area contributed by atoms with Crippen molar-refractivity contribution in [1.29, 1.82) is 0 Å². The average molecular weight is 382 g/mol. The molecule has 0 fully saturated rings. The molecule has 0 saturated heterocycles. The molecule has 1 aliphatic heterocycles. The Morgan fingerprint density at radius 2 is 2.07 bits per heavy atom. The Morgan fingerprint density at radius 1 is 1.26 bits per heavy atom. The van der Waals surface area contributed by atoms with Gasteiger partial charge in [0.25, 0.3) is 11.5 Å². The molecule has 1 aliphatic rings. The fraction of sp³-hybridized carbons (Fsp3) is 0.381. The molecule has 140 valence electrons. The first-order valence-corrected chi connectivity index (χ1v) is 10.3. The van der Waals surface area contributed by atoms with Crippen LogP contribution in [0.5, 0.6) is 0 Å². The summed E-state index contributed by atoms with van der Waals surface area (Å²) in [6.45, 7) is 3.23. The zero-order chi connectivity index (χ0) is 18.8. The molecule has 0 atom stereocenters. The normalized spacial score (nSPS) is 13.1. The van der Waals surface area contributed by atoms with Gasteiger partial charge in [-0.1, -0.05) is 30.3 Å². The number of carbonyl (C=O) groups excluding carboxylic acids is 1. The van der Waals surface area contributed by atoms with E-state index in [0.29, 0.717) is 21.6 Å². The van der Waals surface area contributed by atoms with Crippen LogP contribution in [0, 0.1) is 6.92 Å². The van der Waals surface area contributed by atoms with Crippen molar-refractivity contribution < 1.29 is 4.79 Å². The maximum atomic E-state index is 12.7. The standard InChI is InChI=1S/C21H23N3O2S/c1-14-17-20(23-16-11-7-13-24(16)21(17)26)27-18(14)19(25)22-12-6-5-10-15-8-3-2-4-9-15/h2-4,8-9H,5-7,10-13H2,1H3,(H,22,25). The number of nitrogens with zero attached hydrogens (tertiary/aromatic N) is 2. The average Bonchev–Trinajstić information content (AvgIpc) is 3.27. The molecule has 1 N–H and O–H groups in total. The Kier molecular flexibility index (Phi) is 5.07. The number of amides is 1. The molecule has 0 aliphatic carbocycles. The second-order valence-corrected chi connectivity index (χ2v) is 8.02. The fourth-order valence-electron chi connectivity index (χ4n) is 3.67. The summed E-state index contributed by atoms with van der Waals surface area (Å²) < 4.78 is 1.76. The number of hydrogen-bond acceptors (Lipinski definition) is 4. The minimum absolute atomic E-state index is 0.00293. The zero-order valence-electron chi connectivity index (χ0n) is 15.5. The Balaban J connectivity index is 1.40. The highest BCUT2D eigenvalue weighted by molar-refractivity contribution is 7.20. The van der Waals surface area contributed by atoms with E-state index in [9.17, 15) is 9.59 Å². The number of fused-ring (bicyclic) bond motifs is 2. The lowest BCUT2D eigenvalue weighted by molar-refractivity contribution is 0.0956. The van der Waals surface area contributed by atoms with Gasteiger partial charge in [-0.2, -0.15) is 0 Å². The van der Waals surface area contributed by atoms with Gasteiger partial charge in [0.15, 0.2) is 0 Å². The van der Waals surface area contributed by atoms with Gasteiger partial charge in [0, 0.05) is 19.5 Å². The monoisotopic (exact) mass is 381 g/mol.